The van der Waals surface area contributed by atoms with E-state index < -0.39 is 55.7 Å². The van der Waals surface area contributed by atoms with Gasteiger partial charge in [-0.15, -0.1) is 0 Å². The first kappa shape index (κ1) is 27.1. The van der Waals surface area contributed by atoms with Gasteiger partial charge >= 0.3 is 23.9 Å². The SMILES string of the molecule is CN(CCN1CCOCC1)CC(F)(F)CC(F)(F)C(F)(F)CCC(F)(F)C(F)(F)F. The van der Waals surface area contributed by atoms with Crippen LogP contribution in [-0.4, -0.2) is 92.7 Å². The van der Waals surface area contributed by atoms with Crippen LogP contribution < -0.4 is 0 Å². The molecule has 0 spiro atoms. The van der Waals surface area contributed by atoms with Crippen LogP contribution in [0.5, 0.6) is 0 Å². The average Bonchev–Trinajstić information content (AvgIpc) is 2.57. The standard InChI is InChI=1S/C16H23F11N2O/c1-28(4-5-29-6-8-30-9-7-29)11-12(17,18)10-15(23,24)13(19,20)2-3-14(21,22)16(25,26)27/h2-11H2,1H3. The van der Waals surface area contributed by atoms with Crippen molar-refractivity contribution in [2.75, 3.05) is 53.0 Å². The summed E-state index contributed by atoms with van der Waals surface area (Å²) < 4.78 is 149. The maximum absolute atomic E-state index is 13.9. The summed E-state index contributed by atoms with van der Waals surface area (Å²) >= 11 is 0. The van der Waals surface area contributed by atoms with Gasteiger partial charge in [-0.05, 0) is 7.05 Å². The largest absolute Gasteiger partial charge is 0.453 e. The number of alkyl halides is 11. The number of nitrogens with zero attached hydrogens (tertiary/aromatic N) is 2. The van der Waals surface area contributed by atoms with Gasteiger partial charge in [0.2, 0.25) is 0 Å². The first-order valence-electron chi connectivity index (χ1n) is 8.95. The minimum Gasteiger partial charge on any atom is -0.379 e. The Morgan fingerprint density at radius 3 is 1.77 bits per heavy atom. The van der Waals surface area contributed by atoms with Gasteiger partial charge in [0, 0.05) is 39.0 Å². The summed E-state index contributed by atoms with van der Waals surface area (Å²) in [5.41, 5.74) is 0. The molecule has 1 saturated heterocycles. The molecule has 0 radical (unpaired) electrons. The molecule has 1 fully saturated rings. The quantitative estimate of drug-likeness (QED) is 0.415. The second kappa shape index (κ2) is 9.72. The minimum atomic E-state index is -6.22. The highest BCUT2D eigenvalue weighted by molar-refractivity contribution is 4.92. The zero-order valence-electron chi connectivity index (χ0n) is 16.0. The number of halogens is 11. The molecule has 0 unspecified atom stereocenters. The Morgan fingerprint density at radius 2 is 1.27 bits per heavy atom. The molecule has 0 atom stereocenters. The molecule has 0 bridgehead atoms. The molecule has 1 rings (SSSR count). The van der Waals surface area contributed by atoms with Crippen molar-refractivity contribution in [3.8, 4) is 0 Å². The van der Waals surface area contributed by atoms with Crippen molar-refractivity contribution in [1.29, 1.82) is 0 Å². The third-order valence-electron chi connectivity index (χ3n) is 4.59. The highest BCUT2D eigenvalue weighted by Crippen LogP contribution is 2.47. The molecule has 0 aromatic rings. The summed E-state index contributed by atoms with van der Waals surface area (Å²) in [5, 5.41) is 0. The molecule has 14 heteroatoms. The summed E-state index contributed by atoms with van der Waals surface area (Å²) in [7, 11) is 1.16. The number of hydrogen-bond acceptors (Lipinski definition) is 3. The zero-order valence-corrected chi connectivity index (χ0v) is 16.0. The van der Waals surface area contributed by atoms with E-state index in [2.05, 4.69) is 0 Å². The molecule has 0 saturated carbocycles. The normalized spacial score (nSPS) is 18.3. The second-order valence-electron chi connectivity index (χ2n) is 7.34. The van der Waals surface area contributed by atoms with Crippen LogP contribution >= 0.6 is 0 Å². The molecule has 180 valence electrons. The maximum Gasteiger partial charge on any atom is 0.453 e. The van der Waals surface area contributed by atoms with Crippen molar-refractivity contribution < 1.29 is 53.0 Å². The van der Waals surface area contributed by atoms with Gasteiger partial charge in [-0.25, -0.2) is 8.78 Å². The highest BCUT2D eigenvalue weighted by atomic mass is 19.4. The Morgan fingerprint density at radius 1 is 0.767 bits per heavy atom. The van der Waals surface area contributed by atoms with Crippen molar-refractivity contribution in [3.63, 3.8) is 0 Å². The van der Waals surface area contributed by atoms with Gasteiger partial charge in [-0.3, -0.25) is 9.80 Å². The first-order chi connectivity index (χ1) is 13.4. The molecular formula is C16H23F11N2O. The van der Waals surface area contributed by atoms with Gasteiger partial charge in [0.15, 0.2) is 0 Å². The molecule has 0 aromatic carbocycles. The van der Waals surface area contributed by atoms with Gasteiger partial charge in [-0.1, -0.05) is 0 Å². The van der Waals surface area contributed by atoms with E-state index >= 15 is 0 Å². The fourth-order valence-electron chi connectivity index (χ4n) is 2.76. The van der Waals surface area contributed by atoms with Crippen LogP contribution in [0.25, 0.3) is 0 Å². The topological polar surface area (TPSA) is 15.7 Å². The van der Waals surface area contributed by atoms with E-state index in [1.807, 2.05) is 4.90 Å². The van der Waals surface area contributed by atoms with E-state index in [4.69, 9.17) is 4.74 Å². The van der Waals surface area contributed by atoms with E-state index in [9.17, 15) is 48.3 Å². The Kier molecular flexibility index (Phi) is 8.79. The molecule has 1 aliphatic rings. The van der Waals surface area contributed by atoms with E-state index in [0.717, 1.165) is 11.9 Å². The monoisotopic (exact) mass is 468 g/mol. The number of hydrogen-bond donors (Lipinski definition) is 0. The molecule has 30 heavy (non-hydrogen) atoms. The molecule has 1 aliphatic heterocycles. The third-order valence-corrected chi connectivity index (χ3v) is 4.59. The van der Waals surface area contributed by atoms with Gasteiger partial charge in [-0.2, -0.15) is 39.5 Å². The van der Waals surface area contributed by atoms with Crippen LogP contribution in [0.2, 0.25) is 0 Å². The zero-order chi connectivity index (χ0) is 23.4. The second-order valence-corrected chi connectivity index (χ2v) is 7.34. The summed E-state index contributed by atoms with van der Waals surface area (Å²) in [5.74, 6) is -20.9. The molecule has 0 aromatic heterocycles. The Labute approximate surface area is 166 Å². The van der Waals surface area contributed by atoms with Gasteiger partial charge in [0.1, 0.15) is 0 Å². The van der Waals surface area contributed by atoms with Crippen LogP contribution in [0.4, 0.5) is 48.3 Å². The average molecular weight is 468 g/mol. The molecule has 0 amide bonds. The van der Waals surface area contributed by atoms with Gasteiger partial charge in [0.25, 0.3) is 5.92 Å². The van der Waals surface area contributed by atoms with Crippen LogP contribution in [0.3, 0.4) is 0 Å². The Bertz CT molecular complexity index is 534. The van der Waals surface area contributed by atoms with Crippen LogP contribution in [0.15, 0.2) is 0 Å². The molecule has 1 heterocycles. The van der Waals surface area contributed by atoms with Crippen LogP contribution in [0.1, 0.15) is 19.3 Å². The van der Waals surface area contributed by atoms with Crippen molar-refractivity contribution >= 4 is 0 Å². The van der Waals surface area contributed by atoms with Gasteiger partial charge in [0.05, 0.1) is 26.2 Å². The molecule has 0 aliphatic carbocycles. The van der Waals surface area contributed by atoms with E-state index in [0.29, 0.717) is 32.8 Å². The number of likely N-dealkylation sites (N-methyl/N-ethyl adjacent to an activating group) is 1. The summed E-state index contributed by atoms with van der Waals surface area (Å²) in [6.45, 7) is 0.948. The maximum atomic E-state index is 13.9. The van der Waals surface area contributed by atoms with Crippen molar-refractivity contribution in [1.82, 2.24) is 9.80 Å². The van der Waals surface area contributed by atoms with Crippen molar-refractivity contribution in [3.05, 3.63) is 0 Å². The minimum absolute atomic E-state index is 0.00929. The Hall–Kier alpha value is -0.890. The van der Waals surface area contributed by atoms with E-state index in [1.165, 1.54) is 0 Å². The van der Waals surface area contributed by atoms with Crippen LogP contribution in [0, 0.1) is 0 Å². The summed E-state index contributed by atoms with van der Waals surface area (Å²) in [4.78, 5) is 2.81. The predicted octanol–water partition coefficient (Wildman–Crippen LogP) is 4.52. The van der Waals surface area contributed by atoms with E-state index in [1.54, 1.807) is 0 Å². The van der Waals surface area contributed by atoms with Crippen molar-refractivity contribution in [2.45, 2.75) is 49.1 Å². The third kappa shape index (κ3) is 7.98. The number of ether oxygens (including phenoxy) is 1. The smallest absolute Gasteiger partial charge is 0.379 e. The number of morpholine rings is 1. The van der Waals surface area contributed by atoms with Crippen molar-refractivity contribution in [2.24, 2.45) is 0 Å². The lowest BCUT2D eigenvalue weighted by atomic mass is 9.97. The van der Waals surface area contributed by atoms with Crippen LogP contribution in [-0.2, 0) is 4.74 Å². The molecular weight excluding hydrogens is 445 g/mol. The fourth-order valence-corrected chi connectivity index (χ4v) is 2.76. The lowest BCUT2D eigenvalue weighted by Gasteiger charge is -2.33. The highest BCUT2D eigenvalue weighted by Gasteiger charge is 2.63. The first-order valence-corrected chi connectivity index (χ1v) is 8.95. The summed E-state index contributed by atoms with van der Waals surface area (Å²) in [6.07, 6.45) is -14.2. The molecule has 3 nitrogen and oxygen atoms in total. The fraction of sp³-hybridized carbons (Fsp3) is 1.00. The predicted molar refractivity (Wildman–Crippen MR) is 84.5 cm³/mol. The molecule has 0 N–H and O–H groups in total. The lowest BCUT2D eigenvalue weighted by molar-refractivity contribution is -0.296. The number of rotatable bonds is 11. The summed E-state index contributed by atoms with van der Waals surface area (Å²) in [6, 6.07) is 0. The Balaban J connectivity index is 2.62. The van der Waals surface area contributed by atoms with E-state index in [-0.39, 0.29) is 6.54 Å². The van der Waals surface area contributed by atoms with Gasteiger partial charge < -0.3 is 4.74 Å². The lowest BCUT2D eigenvalue weighted by Crippen LogP contribution is -2.49.